The van der Waals surface area contributed by atoms with Crippen molar-refractivity contribution < 1.29 is 29.0 Å². The zero-order chi connectivity index (χ0) is 24.9. The number of ether oxygens (including phenoxy) is 1. The quantitative estimate of drug-likeness (QED) is 0.365. The number of aliphatic hydroxyl groups excluding tert-OH is 1. The molecule has 2 aromatic heterocycles. The molecule has 1 unspecified atom stereocenters. The van der Waals surface area contributed by atoms with Gasteiger partial charge >= 0.3 is 0 Å². The number of phenols is 1. The summed E-state index contributed by atoms with van der Waals surface area (Å²) < 4.78 is 11.1. The number of anilines is 1. The number of pyridine rings is 1. The Morgan fingerprint density at radius 1 is 1.17 bits per heavy atom. The van der Waals surface area contributed by atoms with Crippen molar-refractivity contribution in [3.8, 4) is 11.5 Å². The number of rotatable bonds is 5. The SMILES string of the molecule is COc1cc(Cl)cc2cc(C(=O)C3=C(O)C(=O)N(c4cc(C)ccc4O)C3c3cccnc3)oc12. The fourth-order valence-electron chi connectivity index (χ4n) is 4.25. The predicted molar refractivity (Wildman–Crippen MR) is 129 cm³/mol. The average molecular weight is 491 g/mol. The number of hydrogen-bond donors (Lipinski definition) is 2. The summed E-state index contributed by atoms with van der Waals surface area (Å²) in [5.41, 5.74) is 1.49. The van der Waals surface area contributed by atoms with Gasteiger partial charge < -0.3 is 19.4 Å². The van der Waals surface area contributed by atoms with Crippen molar-refractivity contribution in [2.24, 2.45) is 0 Å². The van der Waals surface area contributed by atoms with Gasteiger partial charge in [-0.25, -0.2) is 0 Å². The fourth-order valence-corrected chi connectivity index (χ4v) is 4.46. The van der Waals surface area contributed by atoms with Crippen LogP contribution in [0.1, 0.15) is 27.7 Å². The van der Waals surface area contributed by atoms with Gasteiger partial charge in [-0.1, -0.05) is 23.7 Å². The monoisotopic (exact) mass is 490 g/mol. The van der Waals surface area contributed by atoms with Gasteiger partial charge in [-0.3, -0.25) is 19.5 Å². The number of aromatic nitrogens is 1. The van der Waals surface area contributed by atoms with E-state index in [1.54, 1.807) is 49.5 Å². The molecule has 0 saturated carbocycles. The molecule has 0 spiro atoms. The van der Waals surface area contributed by atoms with Crippen LogP contribution in [0.15, 0.2) is 76.7 Å². The molecule has 9 heteroatoms. The minimum Gasteiger partial charge on any atom is -0.506 e. The molecule has 0 aliphatic carbocycles. The molecule has 0 bridgehead atoms. The molecular formula is C26H19ClN2O6. The van der Waals surface area contributed by atoms with Crippen molar-refractivity contribution in [1.29, 1.82) is 0 Å². The molecule has 5 rings (SSSR count). The van der Waals surface area contributed by atoms with Gasteiger partial charge in [-0.2, -0.15) is 0 Å². The standard InChI is InChI=1S/C26H19ClN2O6/c1-13-5-6-18(30)17(8-13)29-22(14-4-3-7-28-12-14)21(24(32)26(29)33)23(31)19-10-15-9-16(27)11-20(34-2)25(15)35-19/h3-12,22,30,32H,1-2H3. The van der Waals surface area contributed by atoms with Crippen LogP contribution in [0.4, 0.5) is 5.69 Å². The summed E-state index contributed by atoms with van der Waals surface area (Å²) in [5.74, 6) is -2.23. The average Bonchev–Trinajstić information content (AvgIpc) is 3.39. The number of aliphatic hydroxyl groups is 1. The largest absolute Gasteiger partial charge is 0.506 e. The molecule has 0 saturated heterocycles. The Hall–Kier alpha value is -4.30. The molecule has 0 fully saturated rings. The maximum Gasteiger partial charge on any atom is 0.294 e. The maximum absolute atomic E-state index is 13.7. The molecule has 4 aromatic rings. The van der Waals surface area contributed by atoms with E-state index in [2.05, 4.69) is 4.98 Å². The van der Waals surface area contributed by atoms with Crippen molar-refractivity contribution in [3.05, 3.63) is 94.2 Å². The van der Waals surface area contributed by atoms with Gasteiger partial charge in [-0.15, -0.1) is 0 Å². The third-order valence-corrected chi connectivity index (χ3v) is 6.05. The van der Waals surface area contributed by atoms with Gasteiger partial charge in [0.1, 0.15) is 5.75 Å². The van der Waals surface area contributed by atoms with Crippen LogP contribution in [0.25, 0.3) is 11.0 Å². The van der Waals surface area contributed by atoms with E-state index in [-0.39, 0.29) is 22.8 Å². The summed E-state index contributed by atoms with van der Waals surface area (Å²) in [6.45, 7) is 1.80. The molecule has 0 radical (unpaired) electrons. The van der Waals surface area contributed by atoms with Gasteiger partial charge in [0.25, 0.3) is 5.91 Å². The minimum atomic E-state index is -1.06. The molecule has 1 amide bonds. The number of benzene rings is 2. The van der Waals surface area contributed by atoms with Gasteiger partial charge in [0.15, 0.2) is 22.9 Å². The topological polar surface area (TPSA) is 113 Å². The number of carbonyl (C=O) groups excluding carboxylic acids is 2. The molecule has 35 heavy (non-hydrogen) atoms. The van der Waals surface area contributed by atoms with Crippen LogP contribution in [0.2, 0.25) is 5.02 Å². The number of aryl methyl sites for hydroxylation is 1. The molecule has 2 aromatic carbocycles. The van der Waals surface area contributed by atoms with Gasteiger partial charge in [0, 0.05) is 28.9 Å². The van der Waals surface area contributed by atoms with Gasteiger partial charge in [0.05, 0.1) is 24.4 Å². The number of furan rings is 1. The molecule has 2 N–H and O–H groups in total. The Labute approximate surface area is 204 Å². The van der Waals surface area contributed by atoms with Crippen LogP contribution in [-0.2, 0) is 4.79 Å². The molecule has 1 aliphatic heterocycles. The second-order valence-electron chi connectivity index (χ2n) is 8.08. The summed E-state index contributed by atoms with van der Waals surface area (Å²) in [7, 11) is 1.45. The van der Waals surface area contributed by atoms with Crippen molar-refractivity contribution in [1.82, 2.24) is 4.98 Å². The number of ketones is 1. The summed E-state index contributed by atoms with van der Waals surface area (Å²) in [6.07, 6.45) is 3.04. The number of Topliss-reactive ketones (excluding diaryl/α,β-unsaturated/α-hetero) is 1. The number of hydrogen-bond acceptors (Lipinski definition) is 7. The Kier molecular flexibility index (Phi) is 5.45. The normalized spacial score (nSPS) is 15.8. The number of phenolic OH excluding ortho intramolecular Hbond substituents is 1. The minimum absolute atomic E-state index is 0.112. The highest BCUT2D eigenvalue weighted by Gasteiger charge is 2.46. The smallest absolute Gasteiger partial charge is 0.294 e. The van der Waals surface area contributed by atoms with E-state index in [9.17, 15) is 19.8 Å². The Bertz CT molecular complexity index is 1530. The summed E-state index contributed by atoms with van der Waals surface area (Å²) in [4.78, 5) is 32.3. The highest BCUT2D eigenvalue weighted by atomic mass is 35.5. The number of nitrogens with zero attached hydrogens (tertiary/aromatic N) is 2. The summed E-state index contributed by atoms with van der Waals surface area (Å²) in [6, 6.07) is 11.7. The van der Waals surface area contributed by atoms with Crippen LogP contribution >= 0.6 is 11.6 Å². The van der Waals surface area contributed by atoms with Crippen LogP contribution in [0.3, 0.4) is 0 Å². The zero-order valence-electron chi connectivity index (χ0n) is 18.7. The lowest BCUT2D eigenvalue weighted by atomic mass is 9.95. The first kappa shape index (κ1) is 22.5. The van der Waals surface area contributed by atoms with Crippen molar-refractivity contribution in [3.63, 3.8) is 0 Å². The van der Waals surface area contributed by atoms with Gasteiger partial charge in [-0.05, 0) is 48.4 Å². The molecule has 176 valence electrons. The molecule has 1 atom stereocenters. The lowest BCUT2D eigenvalue weighted by Crippen LogP contribution is -2.31. The van der Waals surface area contributed by atoms with E-state index >= 15 is 0 Å². The van der Waals surface area contributed by atoms with Crippen LogP contribution in [-0.4, -0.2) is 34.0 Å². The predicted octanol–water partition coefficient (Wildman–Crippen LogP) is 5.29. The number of carbonyl (C=O) groups is 2. The van der Waals surface area contributed by atoms with Crippen molar-refractivity contribution in [2.75, 3.05) is 12.0 Å². The van der Waals surface area contributed by atoms with Gasteiger partial charge in [0.2, 0.25) is 5.78 Å². The zero-order valence-corrected chi connectivity index (χ0v) is 19.4. The maximum atomic E-state index is 13.7. The van der Waals surface area contributed by atoms with Crippen molar-refractivity contribution in [2.45, 2.75) is 13.0 Å². The third kappa shape index (κ3) is 3.68. The summed E-state index contributed by atoms with van der Waals surface area (Å²) >= 11 is 6.14. The third-order valence-electron chi connectivity index (χ3n) is 5.83. The molecular weight excluding hydrogens is 472 g/mol. The lowest BCUT2D eigenvalue weighted by molar-refractivity contribution is -0.117. The number of fused-ring (bicyclic) bond motifs is 1. The first-order valence-corrected chi connectivity index (χ1v) is 11.0. The number of amides is 1. The van der Waals surface area contributed by atoms with E-state index < -0.39 is 23.5 Å². The van der Waals surface area contributed by atoms with Crippen LogP contribution < -0.4 is 9.64 Å². The number of aromatic hydroxyl groups is 1. The highest BCUT2D eigenvalue weighted by molar-refractivity contribution is 6.31. The Morgan fingerprint density at radius 2 is 1.97 bits per heavy atom. The molecule has 3 heterocycles. The first-order chi connectivity index (χ1) is 16.8. The van der Waals surface area contributed by atoms with Crippen LogP contribution in [0, 0.1) is 6.92 Å². The van der Waals surface area contributed by atoms with E-state index in [0.717, 1.165) is 5.56 Å². The molecule has 8 nitrogen and oxygen atoms in total. The number of methoxy groups -OCH3 is 1. The lowest BCUT2D eigenvalue weighted by Gasteiger charge is -2.27. The van der Waals surface area contributed by atoms with E-state index in [0.29, 0.717) is 27.3 Å². The fraction of sp³-hybridized carbons (Fsp3) is 0.115. The van der Waals surface area contributed by atoms with Crippen molar-refractivity contribution >= 4 is 39.9 Å². The Morgan fingerprint density at radius 3 is 2.69 bits per heavy atom. The first-order valence-electron chi connectivity index (χ1n) is 10.6. The summed E-state index contributed by atoms with van der Waals surface area (Å²) in [5, 5.41) is 22.4. The molecule has 1 aliphatic rings. The van der Waals surface area contributed by atoms with E-state index in [1.807, 2.05) is 0 Å². The second kappa shape index (κ2) is 8.48. The van der Waals surface area contributed by atoms with E-state index in [4.69, 9.17) is 20.8 Å². The second-order valence-corrected chi connectivity index (χ2v) is 8.52. The number of halogens is 1. The highest BCUT2D eigenvalue weighted by Crippen LogP contribution is 2.45. The van der Waals surface area contributed by atoms with Crippen LogP contribution in [0.5, 0.6) is 11.5 Å². The van der Waals surface area contributed by atoms with E-state index in [1.165, 1.54) is 30.3 Å². The Balaban J connectivity index is 1.68.